The Morgan fingerprint density at radius 1 is 1.15 bits per heavy atom. The molecule has 1 amide bonds. The number of nitrogen functional groups attached to an aromatic ring is 1. The Balaban J connectivity index is 1.92. The number of aromatic nitrogens is 2. The molecule has 180 valence electrons. The number of fused-ring (bicyclic) bond motifs is 1. The highest BCUT2D eigenvalue weighted by molar-refractivity contribution is 5.91. The van der Waals surface area contributed by atoms with Crippen LogP contribution in [0, 0.1) is 6.92 Å². The van der Waals surface area contributed by atoms with Gasteiger partial charge in [0.25, 0.3) is 5.56 Å². The summed E-state index contributed by atoms with van der Waals surface area (Å²) in [6.07, 6.45) is -0.0904. The third-order valence-electron chi connectivity index (χ3n) is 5.12. The standard InChI is InChI=1S/C25H30N4O5/c1-15-28-19-13-17(33-14-16-8-6-5-7-9-16)12-18(26)22(19)24(32)29(15)20(23(27)31)10-11-21(30)34-25(2,3)4/h5-9,12-13,20H,10-11,14,26H2,1-4H3,(H2,27,31)/t20-/m0/s1. The number of nitrogens with zero attached hydrogens (tertiary/aromatic N) is 2. The van der Waals surface area contributed by atoms with E-state index in [-0.39, 0.29) is 29.7 Å². The molecule has 0 aliphatic carbocycles. The minimum Gasteiger partial charge on any atom is -0.489 e. The van der Waals surface area contributed by atoms with Gasteiger partial charge in [0.1, 0.15) is 29.8 Å². The normalized spacial score (nSPS) is 12.4. The van der Waals surface area contributed by atoms with Gasteiger partial charge in [0.2, 0.25) is 5.91 Å². The zero-order chi connectivity index (χ0) is 25.0. The monoisotopic (exact) mass is 466 g/mol. The van der Waals surface area contributed by atoms with Gasteiger partial charge >= 0.3 is 5.97 Å². The first-order chi connectivity index (χ1) is 16.0. The summed E-state index contributed by atoms with van der Waals surface area (Å²) in [4.78, 5) is 42.2. The number of hydrogen-bond acceptors (Lipinski definition) is 7. The molecule has 0 bridgehead atoms. The average molecular weight is 467 g/mol. The van der Waals surface area contributed by atoms with Crippen molar-refractivity contribution in [1.29, 1.82) is 0 Å². The third kappa shape index (κ3) is 5.92. The number of carbonyl (C=O) groups is 2. The number of hydrogen-bond donors (Lipinski definition) is 2. The summed E-state index contributed by atoms with van der Waals surface area (Å²) >= 11 is 0. The molecule has 9 nitrogen and oxygen atoms in total. The number of benzene rings is 2. The van der Waals surface area contributed by atoms with E-state index in [9.17, 15) is 14.4 Å². The van der Waals surface area contributed by atoms with Gasteiger partial charge in [0.15, 0.2) is 0 Å². The lowest BCUT2D eigenvalue weighted by atomic mass is 10.1. The largest absolute Gasteiger partial charge is 0.489 e. The molecule has 0 radical (unpaired) electrons. The van der Waals surface area contributed by atoms with Crippen LogP contribution in [0.2, 0.25) is 0 Å². The number of rotatable bonds is 8. The van der Waals surface area contributed by atoms with E-state index >= 15 is 0 Å². The zero-order valence-electron chi connectivity index (χ0n) is 19.8. The molecule has 3 aromatic rings. The number of esters is 1. The van der Waals surface area contributed by atoms with Crippen molar-refractivity contribution in [2.75, 3.05) is 5.73 Å². The fourth-order valence-electron chi connectivity index (χ4n) is 3.68. The molecule has 0 fully saturated rings. The lowest BCUT2D eigenvalue weighted by molar-refractivity contribution is -0.155. The van der Waals surface area contributed by atoms with Gasteiger partial charge in [-0.1, -0.05) is 30.3 Å². The molecule has 0 aliphatic rings. The van der Waals surface area contributed by atoms with Gasteiger partial charge in [-0.3, -0.25) is 19.0 Å². The summed E-state index contributed by atoms with van der Waals surface area (Å²) in [6.45, 7) is 7.17. The summed E-state index contributed by atoms with van der Waals surface area (Å²) < 4.78 is 12.3. The van der Waals surface area contributed by atoms with Crippen LogP contribution in [0.25, 0.3) is 10.9 Å². The van der Waals surface area contributed by atoms with Crippen LogP contribution < -0.4 is 21.8 Å². The first-order valence-corrected chi connectivity index (χ1v) is 11.0. The molecule has 0 saturated carbocycles. The Kier molecular flexibility index (Phi) is 7.24. The van der Waals surface area contributed by atoms with E-state index < -0.39 is 29.1 Å². The summed E-state index contributed by atoms with van der Waals surface area (Å²) in [5.41, 5.74) is 12.1. The van der Waals surface area contributed by atoms with Gasteiger partial charge in [0, 0.05) is 18.6 Å². The maximum atomic E-state index is 13.4. The number of primary amides is 1. The highest BCUT2D eigenvalue weighted by atomic mass is 16.6. The quantitative estimate of drug-likeness (QED) is 0.384. The van der Waals surface area contributed by atoms with Crippen LogP contribution in [-0.4, -0.2) is 27.0 Å². The van der Waals surface area contributed by atoms with Gasteiger partial charge in [-0.2, -0.15) is 0 Å². The molecule has 3 rings (SSSR count). The van der Waals surface area contributed by atoms with Crippen LogP contribution in [-0.2, 0) is 20.9 Å². The molecule has 0 saturated heterocycles. The van der Waals surface area contributed by atoms with Crippen molar-refractivity contribution in [1.82, 2.24) is 9.55 Å². The summed E-state index contributed by atoms with van der Waals surface area (Å²) in [7, 11) is 0. The van der Waals surface area contributed by atoms with Crippen LogP contribution in [0.1, 0.15) is 51.0 Å². The van der Waals surface area contributed by atoms with Crippen molar-refractivity contribution in [2.45, 2.75) is 58.8 Å². The van der Waals surface area contributed by atoms with Crippen LogP contribution >= 0.6 is 0 Å². The zero-order valence-corrected chi connectivity index (χ0v) is 19.8. The van der Waals surface area contributed by atoms with Gasteiger partial charge in [0.05, 0.1) is 16.6 Å². The number of amides is 1. The Labute approximate surface area is 197 Å². The second-order valence-corrected chi connectivity index (χ2v) is 9.06. The van der Waals surface area contributed by atoms with E-state index in [0.717, 1.165) is 5.56 Å². The maximum absolute atomic E-state index is 13.4. The van der Waals surface area contributed by atoms with Crippen LogP contribution in [0.5, 0.6) is 5.75 Å². The molecule has 0 unspecified atom stereocenters. The number of aryl methyl sites for hydroxylation is 1. The summed E-state index contributed by atoms with van der Waals surface area (Å²) in [5, 5.41) is 0.154. The van der Waals surface area contributed by atoms with E-state index in [1.807, 2.05) is 30.3 Å². The third-order valence-corrected chi connectivity index (χ3v) is 5.12. The number of anilines is 1. The number of nitrogens with two attached hydrogens (primary N) is 2. The molecule has 9 heteroatoms. The predicted octanol–water partition coefficient (Wildman–Crippen LogP) is 3.01. The highest BCUT2D eigenvalue weighted by Gasteiger charge is 2.26. The van der Waals surface area contributed by atoms with E-state index in [1.54, 1.807) is 39.8 Å². The van der Waals surface area contributed by atoms with Crippen molar-refractivity contribution in [3.8, 4) is 5.75 Å². The number of ether oxygens (including phenoxy) is 2. The van der Waals surface area contributed by atoms with Gasteiger partial charge in [-0.15, -0.1) is 0 Å². The molecular formula is C25H30N4O5. The van der Waals surface area contributed by atoms with Gasteiger partial charge in [-0.25, -0.2) is 4.98 Å². The molecule has 2 aromatic carbocycles. The van der Waals surface area contributed by atoms with Crippen LogP contribution in [0.3, 0.4) is 0 Å². The van der Waals surface area contributed by atoms with Crippen LogP contribution in [0.4, 0.5) is 5.69 Å². The minimum absolute atomic E-state index is 0.00362. The molecule has 0 aliphatic heterocycles. The Bertz CT molecular complexity index is 1260. The van der Waals surface area contributed by atoms with Crippen molar-refractivity contribution < 1.29 is 19.1 Å². The molecule has 4 N–H and O–H groups in total. The topological polar surface area (TPSA) is 140 Å². The highest BCUT2D eigenvalue weighted by Crippen LogP contribution is 2.26. The van der Waals surface area contributed by atoms with Crippen molar-refractivity contribution in [2.24, 2.45) is 5.73 Å². The van der Waals surface area contributed by atoms with Gasteiger partial charge < -0.3 is 20.9 Å². The Hall–Kier alpha value is -3.88. The molecule has 1 heterocycles. The predicted molar refractivity (Wildman–Crippen MR) is 129 cm³/mol. The average Bonchev–Trinajstić information content (AvgIpc) is 2.73. The van der Waals surface area contributed by atoms with E-state index in [2.05, 4.69) is 4.98 Å². The van der Waals surface area contributed by atoms with Crippen molar-refractivity contribution in [3.05, 3.63) is 64.2 Å². The summed E-state index contributed by atoms with van der Waals surface area (Å²) in [6, 6.07) is 11.7. The molecular weight excluding hydrogens is 436 g/mol. The maximum Gasteiger partial charge on any atom is 0.306 e. The lowest BCUT2D eigenvalue weighted by Gasteiger charge is -2.22. The number of carbonyl (C=O) groups excluding carboxylic acids is 2. The fraction of sp³-hybridized carbons (Fsp3) is 0.360. The molecule has 1 aromatic heterocycles. The van der Waals surface area contributed by atoms with Crippen molar-refractivity contribution >= 4 is 28.5 Å². The van der Waals surface area contributed by atoms with E-state index in [0.29, 0.717) is 17.9 Å². The van der Waals surface area contributed by atoms with E-state index in [1.165, 1.54) is 4.57 Å². The van der Waals surface area contributed by atoms with Gasteiger partial charge in [-0.05, 0) is 39.7 Å². The SMILES string of the molecule is Cc1nc2cc(OCc3ccccc3)cc(N)c2c(=O)n1[C@@H](CCC(=O)OC(C)(C)C)C(N)=O. The second kappa shape index (κ2) is 9.94. The smallest absolute Gasteiger partial charge is 0.306 e. The lowest BCUT2D eigenvalue weighted by Crippen LogP contribution is -2.36. The second-order valence-electron chi connectivity index (χ2n) is 9.06. The first-order valence-electron chi connectivity index (χ1n) is 11.0. The molecule has 0 spiro atoms. The first kappa shape index (κ1) is 24.8. The minimum atomic E-state index is -1.08. The Morgan fingerprint density at radius 2 is 1.82 bits per heavy atom. The Morgan fingerprint density at radius 3 is 2.44 bits per heavy atom. The summed E-state index contributed by atoms with van der Waals surface area (Å²) in [5.74, 6) is -0.506. The van der Waals surface area contributed by atoms with E-state index in [4.69, 9.17) is 20.9 Å². The molecule has 34 heavy (non-hydrogen) atoms. The van der Waals surface area contributed by atoms with Crippen molar-refractivity contribution in [3.63, 3.8) is 0 Å². The van der Waals surface area contributed by atoms with Crippen LogP contribution in [0.15, 0.2) is 47.3 Å². The molecule has 1 atom stereocenters. The fourth-order valence-corrected chi connectivity index (χ4v) is 3.68.